The van der Waals surface area contributed by atoms with Crippen LogP contribution in [0.25, 0.3) is 0 Å². The lowest BCUT2D eigenvalue weighted by atomic mass is 9.84. The molecule has 3 rings (SSSR count). The third kappa shape index (κ3) is 4.32. The number of nitrogens with two attached hydrogens (primary N) is 1. The van der Waals surface area contributed by atoms with Crippen molar-refractivity contribution in [3.63, 3.8) is 0 Å². The summed E-state index contributed by atoms with van der Waals surface area (Å²) in [4.78, 5) is 4.55. The van der Waals surface area contributed by atoms with Gasteiger partial charge in [0.2, 0.25) is 0 Å². The van der Waals surface area contributed by atoms with Crippen LogP contribution in [0.2, 0.25) is 0 Å². The van der Waals surface area contributed by atoms with Gasteiger partial charge in [0.05, 0.1) is 16.8 Å². The second-order valence-electron chi connectivity index (χ2n) is 6.66. The van der Waals surface area contributed by atoms with Gasteiger partial charge in [-0.3, -0.25) is 0 Å². The predicted molar refractivity (Wildman–Crippen MR) is 95.0 cm³/mol. The molecular formula is C18H10BrF9N2O. The van der Waals surface area contributed by atoms with Crippen molar-refractivity contribution in [2.45, 2.75) is 30.6 Å². The topological polar surface area (TPSA) is 47.6 Å². The van der Waals surface area contributed by atoms with E-state index in [2.05, 4.69) is 25.9 Å². The maximum Gasteiger partial charge on any atom is 0.435 e. The van der Waals surface area contributed by atoms with Crippen LogP contribution in [0.15, 0.2) is 46.0 Å². The summed E-state index contributed by atoms with van der Waals surface area (Å²) in [6.45, 7) is 0. The molecule has 2 aromatic rings. The van der Waals surface area contributed by atoms with Gasteiger partial charge in [0, 0.05) is 27.7 Å². The van der Waals surface area contributed by atoms with E-state index in [1.807, 2.05) is 0 Å². The molecule has 0 aromatic heterocycles. The molecule has 0 amide bonds. The van der Waals surface area contributed by atoms with Crippen molar-refractivity contribution in [3.05, 3.63) is 63.1 Å². The zero-order valence-electron chi connectivity index (χ0n) is 14.9. The van der Waals surface area contributed by atoms with E-state index in [0.717, 1.165) is 0 Å². The average Bonchev–Trinajstić information content (AvgIpc) is 3.09. The predicted octanol–water partition coefficient (Wildman–Crippen LogP) is 6.65. The van der Waals surface area contributed by atoms with Crippen LogP contribution in [0, 0.1) is 0 Å². The number of hydrogen-bond acceptors (Lipinski definition) is 3. The third-order valence-corrected chi connectivity index (χ3v) is 5.26. The summed E-state index contributed by atoms with van der Waals surface area (Å²) in [7, 11) is 0. The van der Waals surface area contributed by atoms with E-state index >= 15 is 0 Å². The maximum absolute atomic E-state index is 14.0. The summed E-state index contributed by atoms with van der Waals surface area (Å²) >= 11 is 3.08. The molecule has 0 spiro atoms. The number of rotatable bonds is 2. The number of anilines is 1. The molecule has 3 nitrogen and oxygen atoms in total. The molecule has 2 N–H and O–H groups in total. The first kappa shape index (κ1) is 23.2. The molecule has 1 atom stereocenters. The first-order valence-electron chi connectivity index (χ1n) is 8.22. The molecule has 1 aliphatic rings. The highest BCUT2D eigenvalue weighted by molar-refractivity contribution is 9.10. The van der Waals surface area contributed by atoms with Crippen LogP contribution in [-0.4, -0.2) is 11.9 Å². The molecule has 0 fully saturated rings. The standard InChI is InChI=1S/C18H10BrF9N2O/c19-12-3-8(1-2-13(12)29)14-7-15(31-30-14,18(26,27)28)9-4-10(16(20,21)22)6-11(5-9)17(23,24)25/h1-6H,7,29H2. The van der Waals surface area contributed by atoms with Crippen LogP contribution >= 0.6 is 15.9 Å². The summed E-state index contributed by atoms with van der Waals surface area (Å²) in [6.07, 6.45) is -17.2. The van der Waals surface area contributed by atoms with E-state index < -0.39 is 47.2 Å². The fourth-order valence-electron chi connectivity index (χ4n) is 2.95. The van der Waals surface area contributed by atoms with Gasteiger partial charge in [-0.05, 0) is 46.3 Å². The van der Waals surface area contributed by atoms with Crippen molar-refractivity contribution in [2.24, 2.45) is 5.16 Å². The Balaban J connectivity index is 2.16. The molecule has 1 unspecified atom stereocenters. The summed E-state index contributed by atoms with van der Waals surface area (Å²) in [6, 6.07) is 3.64. The maximum atomic E-state index is 14.0. The lowest BCUT2D eigenvalue weighted by Gasteiger charge is -2.30. The van der Waals surface area contributed by atoms with Crippen LogP contribution in [0.4, 0.5) is 45.2 Å². The van der Waals surface area contributed by atoms with E-state index in [-0.39, 0.29) is 35.2 Å². The first-order valence-corrected chi connectivity index (χ1v) is 9.01. The van der Waals surface area contributed by atoms with Crippen molar-refractivity contribution in [1.29, 1.82) is 0 Å². The highest BCUT2D eigenvalue weighted by Crippen LogP contribution is 2.51. The summed E-state index contributed by atoms with van der Waals surface area (Å²) in [5.74, 6) is 0. The lowest BCUT2D eigenvalue weighted by Crippen LogP contribution is -2.43. The third-order valence-electron chi connectivity index (χ3n) is 4.57. The number of alkyl halides is 9. The number of nitrogens with zero attached hydrogens (tertiary/aromatic N) is 1. The van der Waals surface area contributed by atoms with E-state index in [0.29, 0.717) is 4.47 Å². The fraction of sp³-hybridized carbons (Fsp3) is 0.278. The van der Waals surface area contributed by atoms with Gasteiger partial charge < -0.3 is 10.6 Å². The molecule has 0 aliphatic carbocycles. The molecule has 0 saturated heterocycles. The molecule has 2 aromatic carbocycles. The SMILES string of the molecule is Nc1ccc(C2=NOC(c3cc(C(F)(F)F)cc(C(F)(F)F)c3)(C(F)(F)F)C2)cc1Br. The van der Waals surface area contributed by atoms with Gasteiger partial charge in [0.25, 0.3) is 5.60 Å². The van der Waals surface area contributed by atoms with Crippen molar-refractivity contribution >= 4 is 27.3 Å². The number of oxime groups is 1. The Bertz CT molecular complexity index is 1010. The Morgan fingerprint density at radius 2 is 1.42 bits per heavy atom. The first-order chi connectivity index (χ1) is 14.0. The Hall–Kier alpha value is -2.44. The highest BCUT2D eigenvalue weighted by atomic mass is 79.9. The molecule has 31 heavy (non-hydrogen) atoms. The molecular weight excluding hydrogens is 511 g/mol. The molecule has 0 radical (unpaired) electrons. The van der Waals surface area contributed by atoms with E-state index in [1.165, 1.54) is 18.2 Å². The zero-order chi connectivity index (χ0) is 23.4. The molecule has 1 aliphatic heterocycles. The van der Waals surface area contributed by atoms with Crippen molar-refractivity contribution in [2.75, 3.05) is 5.73 Å². The largest absolute Gasteiger partial charge is 0.435 e. The van der Waals surface area contributed by atoms with E-state index in [4.69, 9.17) is 5.73 Å². The van der Waals surface area contributed by atoms with Crippen LogP contribution in [-0.2, 0) is 22.8 Å². The molecule has 13 heteroatoms. The normalized spacial score (nSPS) is 19.9. The Labute approximate surface area is 176 Å². The summed E-state index contributed by atoms with van der Waals surface area (Å²) in [5, 5.41) is 3.33. The highest BCUT2D eigenvalue weighted by Gasteiger charge is 2.63. The monoisotopic (exact) mass is 520 g/mol. The van der Waals surface area contributed by atoms with Gasteiger partial charge in [-0.1, -0.05) is 11.2 Å². The fourth-order valence-corrected chi connectivity index (χ4v) is 3.33. The van der Waals surface area contributed by atoms with Crippen LogP contribution in [0.1, 0.15) is 28.7 Å². The van der Waals surface area contributed by atoms with Crippen LogP contribution in [0.5, 0.6) is 0 Å². The minimum absolute atomic E-state index is 0.0138. The Morgan fingerprint density at radius 1 is 0.871 bits per heavy atom. The molecule has 0 saturated carbocycles. The lowest BCUT2D eigenvalue weighted by molar-refractivity contribution is -0.276. The van der Waals surface area contributed by atoms with E-state index in [9.17, 15) is 39.5 Å². The van der Waals surface area contributed by atoms with Gasteiger partial charge >= 0.3 is 18.5 Å². The number of hydrogen-bond donors (Lipinski definition) is 1. The van der Waals surface area contributed by atoms with Crippen molar-refractivity contribution in [3.8, 4) is 0 Å². The number of benzene rings is 2. The smallest absolute Gasteiger partial charge is 0.398 e. The summed E-state index contributed by atoms with van der Waals surface area (Å²) in [5.41, 5.74) is -3.08. The Kier molecular flexibility index (Phi) is 5.48. The van der Waals surface area contributed by atoms with Crippen LogP contribution < -0.4 is 5.73 Å². The minimum atomic E-state index is -5.39. The summed E-state index contributed by atoms with van der Waals surface area (Å²) < 4.78 is 121. The van der Waals surface area contributed by atoms with Crippen LogP contribution in [0.3, 0.4) is 0 Å². The van der Waals surface area contributed by atoms with Gasteiger partial charge in [-0.2, -0.15) is 39.5 Å². The average molecular weight is 521 g/mol. The second kappa shape index (κ2) is 7.31. The van der Waals surface area contributed by atoms with Gasteiger partial charge in [-0.15, -0.1) is 0 Å². The molecule has 168 valence electrons. The molecule has 0 bridgehead atoms. The zero-order valence-corrected chi connectivity index (χ0v) is 16.5. The number of nitrogen functional groups attached to an aromatic ring is 1. The molecule has 1 heterocycles. The van der Waals surface area contributed by atoms with Crippen molar-refractivity contribution in [1.82, 2.24) is 0 Å². The van der Waals surface area contributed by atoms with Gasteiger partial charge in [-0.25, -0.2) is 0 Å². The quantitative estimate of drug-likeness (QED) is 0.356. The minimum Gasteiger partial charge on any atom is -0.398 e. The Morgan fingerprint density at radius 3 is 1.87 bits per heavy atom. The van der Waals surface area contributed by atoms with E-state index in [1.54, 1.807) is 0 Å². The van der Waals surface area contributed by atoms with Gasteiger partial charge in [0.1, 0.15) is 0 Å². The van der Waals surface area contributed by atoms with Crippen molar-refractivity contribution < 1.29 is 44.4 Å². The second-order valence-corrected chi connectivity index (χ2v) is 7.52. The number of halogens is 10. The van der Waals surface area contributed by atoms with Gasteiger partial charge in [0.15, 0.2) is 0 Å².